The van der Waals surface area contributed by atoms with E-state index in [2.05, 4.69) is 54.3 Å². The molecule has 16 heteroatoms. The van der Waals surface area contributed by atoms with Gasteiger partial charge in [0.25, 0.3) is 5.91 Å². The van der Waals surface area contributed by atoms with Crippen molar-refractivity contribution in [2.24, 2.45) is 0 Å². The van der Waals surface area contributed by atoms with Crippen LogP contribution in [0.2, 0.25) is 0 Å². The Morgan fingerprint density at radius 3 is 1.57 bits per heavy atom. The van der Waals surface area contributed by atoms with Crippen LogP contribution in [0.1, 0.15) is 31.1 Å². The van der Waals surface area contributed by atoms with Crippen LogP contribution in [-0.4, -0.2) is 73.8 Å². The molecule has 3 atom stereocenters. The highest BCUT2D eigenvalue weighted by Gasteiger charge is 2.22. The first-order chi connectivity index (χ1) is 24.5. The highest BCUT2D eigenvalue weighted by atomic mass is 32.2. The molecule has 0 bridgehead atoms. The largest absolute Gasteiger partial charge is 0.467 e. The van der Waals surface area contributed by atoms with Crippen molar-refractivity contribution >= 4 is 113 Å². The molecule has 0 saturated heterocycles. The molecule has 0 spiro atoms. The number of hydrogen-bond acceptors (Lipinski definition) is 11. The van der Waals surface area contributed by atoms with E-state index in [9.17, 15) is 28.8 Å². The fourth-order valence-electron chi connectivity index (χ4n) is 5.28. The number of amides is 5. The Morgan fingerprint density at radius 2 is 1.06 bits per heavy atom. The van der Waals surface area contributed by atoms with Crippen molar-refractivity contribution in [3.8, 4) is 0 Å². The Bertz CT molecular complexity index is 2100. The average Bonchev–Trinajstić information content (AvgIpc) is 3.86. The van der Waals surface area contributed by atoms with Crippen LogP contribution >= 0.6 is 47.0 Å². The van der Waals surface area contributed by atoms with E-state index in [0.717, 1.165) is 40.5 Å². The monoisotopic (exact) mass is 765 g/mol. The second-order valence-corrected chi connectivity index (χ2v) is 15.6. The van der Waals surface area contributed by atoms with Crippen LogP contribution in [-0.2, 0) is 28.7 Å². The fourth-order valence-corrected chi connectivity index (χ4v) is 9.13. The molecule has 0 unspecified atom stereocenters. The van der Waals surface area contributed by atoms with Crippen molar-refractivity contribution in [3.63, 3.8) is 0 Å². The summed E-state index contributed by atoms with van der Waals surface area (Å²) in [5.41, 5.74) is 0.382. The lowest BCUT2D eigenvalue weighted by molar-refractivity contribution is -0.144. The molecule has 3 aromatic rings. The number of carbonyl (C=O) groups is 6. The van der Waals surface area contributed by atoms with E-state index in [0.29, 0.717) is 5.56 Å². The van der Waals surface area contributed by atoms with Gasteiger partial charge in [-0.3, -0.25) is 24.0 Å². The minimum absolute atomic E-state index is 0.382. The van der Waals surface area contributed by atoms with Crippen molar-refractivity contribution in [3.05, 3.63) is 80.1 Å². The Labute approximate surface area is 310 Å². The molecule has 2 aliphatic rings. The Hall–Kier alpha value is -4.38. The van der Waals surface area contributed by atoms with Gasteiger partial charge in [-0.05, 0) is 76.1 Å². The van der Waals surface area contributed by atoms with Crippen molar-refractivity contribution in [1.82, 2.24) is 26.6 Å². The molecule has 51 heavy (non-hydrogen) atoms. The van der Waals surface area contributed by atoms with E-state index < -0.39 is 66.7 Å². The second-order valence-electron chi connectivity index (χ2n) is 11.4. The summed E-state index contributed by atoms with van der Waals surface area (Å²) in [6.07, 6.45) is 0. The lowest BCUT2D eigenvalue weighted by Crippen LogP contribution is -2.52. The molecular formula is C35H35N5O7S4. The summed E-state index contributed by atoms with van der Waals surface area (Å²) >= 11 is 6.63. The normalized spacial score (nSPS) is 15.3. The number of fused-ring (bicyclic) bond motifs is 2. The number of thioether (sulfide) groups is 4. The highest BCUT2D eigenvalue weighted by Crippen LogP contribution is 2.41. The predicted molar refractivity (Wildman–Crippen MR) is 206 cm³/mol. The maximum Gasteiger partial charge on any atom is 0.328 e. The van der Waals surface area contributed by atoms with Crippen LogP contribution in [0.5, 0.6) is 0 Å². The molecule has 0 aliphatic carbocycles. The fraction of sp³-hybridized carbons (Fsp3) is 0.257. The zero-order chi connectivity index (χ0) is 36.7. The quantitative estimate of drug-likeness (QED) is 0.144. The number of hydrogen-bond donors (Lipinski definition) is 5. The van der Waals surface area contributed by atoms with Gasteiger partial charge in [-0.1, -0.05) is 77.4 Å². The molecule has 0 aromatic heterocycles. The Balaban J connectivity index is 1.23. The number of carbonyl (C=O) groups excluding carboxylic acids is 6. The molecule has 12 nitrogen and oxygen atoms in total. The van der Waals surface area contributed by atoms with E-state index in [1.807, 2.05) is 35.1 Å². The third kappa shape index (κ3) is 9.11. The Morgan fingerprint density at radius 1 is 0.608 bits per heavy atom. The van der Waals surface area contributed by atoms with Gasteiger partial charge in [-0.2, -0.15) is 0 Å². The van der Waals surface area contributed by atoms with Crippen molar-refractivity contribution in [2.75, 3.05) is 20.2 Å². The molecule has 5 N–H and O–H groups in total. The summed E-state index contributed by atoms with van der Waals surface area (Å²) in [5.74, 6) is -3.60. The molecule has 2 aliphatic heterocycles. The topological polar surface area (TPSA) is 172 Å². The third-order valence-electron chi connectivity index (χ3n) is 7.80. The number of rotatable bonds is 11. The summed E-state index contributed by atoms with van der Waals surface area (Å²) in [6.45, 7) is 3.48. The highest BCUT2D eigenvalue weighted by molar-refractivity contribution is 8.35. The van der Waals surface area contributed by atoms with Gasteiger partial charge in [0.1, 0.15) is 18.1 Å². The SMILES string of the molecule is COC(=O)[C@H](C)NC(=O)CNC(=O)[C@H](C)NC(=O)CNC(=O)[C@H](C)NC(=O)c1ccc2c(=C3SC=CS3)c3ccccc3c(=C3SC=CS3)c2c1. The smallest absolute Gasteiger partial charge is 0.328 e. The lowest BCUT2D eigenvalue weighted by atomic mass is 9.97. The summed E-state index contributed by atoms with van der Waals surface area (Å²) in [6, 6.07) is 11.0. The first kappa shape index (κ1) is 37.9. The van der Waals surface area contributed by atoms with Crippen molar-refractivity contribution in [1.29, 1.82) is 0 Å². The van der Waals surface area contributed by atoms with E-state index in [1.54, 1.807) is 53.1 Å². The van der Waals surface area contributed by atoms with E-state index in [4.69, 9.17) is 0 Å². The minimum atomic E-state index is -1.02. The maximum atomic E-state index is 13.5. The summed E-state index contributed by atoms with van der Waals surface area (Å²) in [5, 5.41) is 26.9. The van der Waals surface area contributed by atoms with E-state index in [-0.39, 0.29) is 0 Å². The number of esters is 1. The summed E-state index contributed by atoms with van der Waals surface area (Å²) in [4.78, 5) is 74.6. The average molecular weight is 766 g/mol. The van der Waals surface area contributed by atoms with Gasteiger partial charge >= 0.3 is 5.97 Å². The Kier molecular flexibility index (Phi) is 12.8. The van der Waals surface area contributed by atoms with Crippen LogP contribution < -0.4 is 37.0 Å². The number of methoxy groups -OCH3 is 1. The molecule has 5 amide bonds. The standard InChI is InChI=1S/C35H35N5O7S4/c1-18(30(43)36-17-27(42)39-20(3)33(46)47-4)38-26(41)16-37-31(44)19(2)40-32(45)21-9-10-24-25(15-21)29(35-50-13-14-51-35)23-8-6-5-7-22(23)28(24)34-48-11-12-49-34/h5-15,18-20H,16-17H2,1-4H3,(H,36,43)(H,37,44)(H,38,41)(H,39,42)(H,40,45)/t18-,19-,20-/m0/s1. The molecule has 3 aromatic carbocycles. The van der Waals surface area contributed by atoms with Gasteiger partial charge in [0.15, 0.2) is 0 Å². The van der Waals surface area contributed by atoms with Crippen LogP contribution in [0, 0.1) is 0 Å². The van der Waals surface area contributed by atoms with Gasteiger partial charge in [0.2, 0.25) is 23.6 Å². The maximum absolute atomic E-state index is 13.5. The van der Waals surface area contributed by atoms with E-state index in [1.165, 1.54) is 27.9 Å². The van der Waals surface area contributed by atoms with Gasteiger partial charge in [0, 0.05) is 16.0 Å². The summed E-state index contributed by atoms with van der Waals surface area (Å²) < 4.78 is 6.81. The molecular weight excluding hydrogens is 731 g/mol. The number of ether oxygens (including phenoxy) is 1. The zero-order valence-corrected chi connectivity index (χ0v) is 31.3. The van der Waals surface area contributed by atoms with Crippen molar-refractivity contribution in [2.45, 2.75) is 38.9 Å². The van der Waals surface area contributed by atoms with Gasteiger partial charge in [0.05, 0.1) is 28.7 Å². The van der Waals surface area contributed by atoms with Crippen LogP contribution in [0.4, 0.5) is 0 Å². The van der Waals surface area contributed by atoms with Crippen LogP contribution in [0.3, 0.4) is 0 Å². The summed E-state index contributed by atoms with van der Waals surface area (Å²) in [7, 11) is 1.19. The molecule has 5 rings (SSSR count). The second kappa shape index (κ2) is 17.2. The van der Waals surface area contributed by atoms with Gasteiger partial charge in [-0.25, -0.2) is 4.79 Å². The van der Waals surface area contributed by atoms with Crippen molar-refractivity contribution < 1.29 is 33.5 Å². The van der Waals surface area contributed by atoms with Gasteiger partial charge < -0.3 is 31.3 Å². The third-order valence-corrected chi connectivity index (χ3v) is 12.1. The molecule has 0 radical (unpaired) electrons. The lowest BCUT2D eigenvalue weighted by Gasteiger charge is -2.17. The zero-order valence-electron chi connectivity index (χ0n) is 28.0. The minimum Gasteiger partial charge on any atom is -0.467 e. The van der Waals surface area contributed by atoms with Crippen LogP contribution in [0.15, 0.2) is 64.1 Å². The number of nitrogens with one attached hydrogen (secondary N) is 5. The molecule has 266 valence electrons. The predicted octanol–water partition coefficient (Wildman–Crippen LogP) is 2.56. The van der Waals surface area contributed by atoms with Gasteiger partial charge in [-0.15, -0.1) is 0 Å². The molecule has 0 saturated carbocycles. The van der Waals surface area contributed by atoms with Crippen LogP contribution in [0.25, 0.3) is 30.0 Å². The molecule has 0 fully saturated rings. The number of benzene rings is 3. The van der Waals surface area contributed by atoms with E-state index >= 15 is 0 Å². The molecule has 2 heterocycles. The first-order valence-electron chi connectivity index (χ1n) is 15.7. The first-order valence-corrected chi connectivity index (χ1v) is 19.2.